The fraction of sp³-hybridized carbons (Fsp3) is 0.143. The van der Waals surface area contributed by atoms with Gasteiger partial charge in [-0.1, -0.05) is 56.0 Å². The first kappa shape index (κ1) is 18.0. The zero-order valence-corrected chi connectivity index (χ0v) is 15.4. The lowest BCUT2D eigenvalue weighted by atomic mass is 10.1. The molecule has 1 N–H and O–H groups in total. The van der Waals surface area contributed by atoms with Gasteiger partial charge in [-0.25, -0.2) is 4.99 Å². The first-order chi connectivity index (χ1) is 12.7. The van der Waals surface area contributed by atoms with Gasteiger partial charge in [0, 0.05) is 5.56 Å². The van der Waals surface area contributed by atoms with Crippen LogP contribution in [0, 0.1) is 0 Å². The van der Waals surface area contributed by atoms with Crippen LogP contribution < -0.4 is 10.1 Å². The second kappa shape index (κ2) is 8.54. The van der Waals surface area contributed by atoms with Gasteiger partial charge in [0.05, 0.1) is 10.6 Å². The molecule has 1 aliphatic rings. The highest BCUT2D eigenvalue weighted by atomic mass is 32.2. The molecule has 1 saturated heterocycles. The summed E-state index contributed by atoms with van der Waals surface area (Å²) in [4.78, 5) is 17.5. The number of hydrogen-bond donors (Lipinski definition) is 1. The number of aliphatic imine (C=N–C) groups is 1. The van der Waals surface area contributed by atoms with Gasteiger partial charge in [0.1, 0.15) is 12.4 Å². The molecule has 0 aromatic heterocycles. The quantitative estimate of drug-likeness (QED) is 0.597. The molecule has 1 amide bonds. The van der Waals surface area contributed by atoms with Crippen LogP contribution >= 0.6 is 11.8 Å². The first-order valence-electron chi connectivity index (χ1n) is 8.41. The molecule has 26 heavy (non-hydrogen) atoms. The molecule has 2 aromatic rings. The zero-order valence-electron chi connectivity index (χ0n) is 14.6. The number of para-hydroxylation sites is 2. The van der Waals surface area contributed by atoms with Crippen LogP contribution in [0.4, 0.5) is 5.69 Å². The van der Waals surface area contributed by atoms with Crippen molar-refractivity contribution in [3.63, 3.8) is 0 Å². The summed E-state index contributed by atoms with van der Waals surface area (Å²) in [5.41, 5.74) is 2.88. The van der Waals surface area contributed by atoms with Crippen molar-refractivity contribution in [1.82, 2.24) is 5.32 Å². The molecule has 2 aromatic carbocycles. The smallest absolute Gasteiger partial charge is 0.264 e. The van der Waals surface area contributed by atoms with E-state index in [1.165, 1.54) is 11.8 Å². The molecule has 1 aliphatic heterocycles. The Bertz CT molecular complexity index is 887. The molecule has 0 saturated carbocycles. The number of aryl methyl sites for hydroxylation is 1. The summed E-state index contributed by atoms with van der Waals surface area (Å²) < 4.78 is 5.65. The average Bonchev–Trinajstić information content (AvgIpc) is 3.00. The van der Waals surface area contributed by atoms with Crippen LogP contribution in [-0.4, -0.2) is 17.7 Å². The summed E-state index contributed by atoms with van der Waals surface area (Å²) in [5, 5.41) is 3.42. The monoisotopic (exact) mass is 364 g/mol. The second-order valence-electron chi connectivity index (χ2n) is 5.60. The number of ether oxygens (including phenoxy) is 1. The van der Waals surface area contributed by atoms with E-state index in [0.29, 0.717) is 16.7 Å². The minimum atomic E-state index is -0.152. The fourth-order valence-corrected chi connectivity index (χ4v) is 3.36. The standard InChI is InChI=1S/C21H20N2O2S/c1-3-13-25-18-12-8-6-10-16(18)14-19-20(24)23-21(26-19)22-17-11-7-5-9-15(17)4-2/h3,5-12,14H,1,4,13H2,2H3,(H,22,23,24)/b19-14-. The molecule has 0 bridgehead atoms. The third-order valence-corrected chi connectivity index (χ3v) is 4.72. The van der Waals surface area contributed by atoms with E-state index in [2.05, 4.69) is 23.8 Å². The molecule has 1 fully saturated rings. The summed E-state index contributed by atoms with van der Waals surface area (Å²) >= 11 is 1.33. The normalized spacial score (nSPS) is 16.7. The van der Waals surface area contributed by atoms with E-state index in [-0.39, 0.29) is 5.91 Å². The van der Waals surface area contributed by atoms with Gasteiger partial charge in [-0.15, -0.1) is 0 Å². The molecule has 0 spiro atoms. The summed E-state index contributed by atoms with van der Waals surface area (Å²) in [7, 11) is 0. The Morgan fingerprint density at radius 1 is 1.19 bits per heavy atom. The highest BCUT2D eigenvalue weighted by Crippen LogP contribution is 2.31. The van der Waals surface area contributed by atoms with Crippen molar-refractivity contribution in [2.75, 3.05) is 6.61 Å². The summed E-state index contributed by atoms with van der Waals surface area (Å²) in [5.74, 6) is 0.566. The van der Waals surface area contributed by atoms with Crippen molar-refractivity contribution in [1.29, 1.82) is 0 Å². The lowest BCUT2D eigenvalue weighted by Gasteiger charge is -2.06. The van der Waals surface area contributed by atoms with E-state index in [1.54, 1.807) is 6.08 Å². The largest absolute Gasteiger partial charge is 0.489 e. The predicted molar refractivity (Wildman–Crippen MR) is 109 cm³/mol. The van der Waals surface area contributed by atoms with Crippen molar-refractivity contribution in [2.45, 2.75) is 13.3 Å². The number of nitrogens with zero attached hydrogens (tertiary/aromatic N) is 1. The number of hydrogen-bond acceptors (Lipinski definition) is 4. The van der Waals surface area contributed by atoms with Crippen molar-refractivity contribution in [3.8, 4) is 5.75 Å². The Hall–Kier alpha value is -2.79. The Kier molecular flexibility index (Phi) is 5.92. The van der Waals surface area contributed by atoms with Crippen molar-refractivity contribution < 1.29 is 9.53 Å². The maximum atomic E-state index is 12.3. The van der Waals surface area contributed by atoms with Crippen LogP contribution in [-0.2, 0) is 11.2 Å². The summed E-state index contributed by atoms with van der Waals surface area (Å²) in [6, 6.07) is 15.6. The van der Waals surface area contributed by atoms with Crippen LogP contribution in [0.1, 0.15) is 18.1 Å². The number of carbonyl (C=O) groups excluding carboxylic acids is 1. The van der Waals surface area contributed by atoms with E-state index in [9.17, 15) is 4.79 Å². The van der Waals surface area contributed by atoms with Crippen molar-refractivity contribution in [2.24, 2.45) is 4.99 Å². The SMILES string of the molecule is C=CCOc1ccccc1/C=C1\SC(=Nc2ccccc2CC)NC1=O. The molecular weight excluding hydrogens is 344 g/mol. The maximum Gasteiger partial charge on any atom is 0.264 e. The maximum absolute atomic E-state index is 12.3. The van der Waals surface area contributed by atoms with Gasteiger partial charge in [-0.3, -0.25) is 4.79 Å². The lowest BCUT2D eigenvalue weighted by molar-refractivity contribution is -0.115. The number of thioether (sulfide) groups is 1. The van der Waals surface area contributed by atoms with E-state index in [4.69, 9.17) is 4.74 Å². The van der Waals surface area contributed by atoms with E-state index in [1.807, 2.05) is 54.6 Å². The average molecular weight is 364 g/mol. The highest BCUT2D eigenvalue weighted by Gasteiger charge is 2.24. The third kappa shape index (κ3) is 4.24. The first-order valence-corrected chi connectivity index (χ1v) is 9.23. The number of carbonyl (C=O) groups is 1. The fourth-order valence-electron chi connectivity index (χ4n) is 2.53. The van der Waals surface area contributed by atoms with E-state index in [0.717, 1.165) is 29.0 Å². The third-order valence-electron chi connectivity index (χ3n) is 3.81. The predicted octanol–water partition coefficient (Wildman–Crippen LogP) is 4.71. The van der Waals surface area contributed by atoms with Gasteiger partial charge in [0.25, 0.3) is 5.91 Å². The minimum Gasteiger partial charge on any atom is -0.489 e. The number of rotatable bonds is 6. The Balaban J connectivity index is 1.85. The van der Waals surface area contributed by atoms with Crippen LogP contribution in [0.2, 0.25) is 0 Å². The molecule has 4 nitrogen and oxygen atoms in total. The molecule has 3 rings (SSSR count). The van der Waals surface area contributed by atoms with E-state index < -0.39 is 0 Å². The zero-order chi connectivity index (χ0) is 18.4. The van der Waals surface area contributed by atoms with Crippen LogP contribution in [0.25, 0.3) is 6.08 Å². The lowest BCUT2D eigenvalue weighted by Crippen LogP contribution is -2.19. The summed E-state index contributed by atoms with van der Waals surface area (Å²) in [6.07, 6.45) is 4.41. The van der Waals surface area contributed by atoms with Gasteiger partial charge in [-0.2, -0.15) is 0 Å². The molecule has 0 radical (unpaired) electrons. The summed E-state index contributed by atoms with van der Waals surface area (Å²) in [6.45, 7) is 6.17. The number of benzene rings is 2. The molecular formula is C21H20N2O2S. The number of amidine groups is 1. The molecule has 5 heteroatoms. The highest BCUT2D eigenvalue weighted by molar-refractivity contribution is 8.18. The number of nitrogens with one attached hydrogen (secondary N) is 1. The number of amides is 1. The van der Waals surface area contributed by atoms with Crippen LogP contribution in [0.3, 0.4) is 0 Å². The Labute approximate surface area is 157 Å². The van der Waals surface area contributed by atoms with Gasteiger partial charge in [0.2, 0.25) is 0 Å². The van der Waals surface area contributed by atoms with Crippen molar-refractivity contribution >= 4 is 34.6 Å². The van der Waals surface area contributed by atoms with E-state index >= 15 is 0 Å². The molecule has 1 heterocycles. The van der Waals surface area contributed by atoms with Gasteiger partial charge in [-0.05, 0) is 42.0 Å². The van der Waals surface area contributed by atoms with Gasteiger partial charge >= 0.3 is 0 Å². The van der Waals surface area contributed by atoms with Gasteiger partial charge in [0.15, 0.2) is 5.17 Å². The minimum absolute atomic E-state index is 0.152. The molecule has 0 unspecified atom stereocenters. The van der Waals surface area contributed by atoms with Crippen LogP contribution in [0.15, 0.2) is 71.1 Å². The molecule has 0 atom stereocenters. The topological polar surface area (TPSA) is 50.7 Å². The Morgan fingerprint density at radius 3 is 2.77 bits per heavy atom. The molecule has 132 valence electrons. The second-order valence-corrected chi connectivity index (χ2v) is 6.63. The van der Waals surface area contributed by atoms with Gasteiger partial charge < -0.3 is 10.1 Å². The Morgan fingerprint density at radius 2 is 1.96 bits per heavy atom. The van der Waals surface area contributed by atoms with Crippen molar-refractivity contribution in [3.05, 3.63) is 77.2 Å². The van der Waals surface area contributed by atoms with Crippen LogP contribution in [0.5, 0.6) is 5.75 Å². The molecule has 0 aliphatic carbocycles.